The Bertz CT molecular complexity index is 1210. The molecule has 2 heterocycles. The fraction of sp³-hybridized carbons (Fsp3) is 0.250. The van der Waals surface area contributed by atoms with E-state index in [1.54, 1.807) is 31.4 Å². The first-order valence-electron chi connectivity index (χ1n) is 10.4. The molecule has 0 radical (unpaired) electrons. The Labute approximate surface area is 201 Å². The van der Waals surface area contributed by atoms with Crippen LogP contribution in [0.4, 0.5) is 11.4 Å². The maximum atomic E-state index is 13.5. The topological polar surface area (TPSA) is 79.0 Å². The van der Waals surface area contributed by atoms with Crippen LogP contribution in [0.1, 0.15) is 16.7 Å². The molecule has 4 rings (SSSR count). The summed E-state index contributed by atoms with van der Waals surface area (Å²) in [7, 11) is 1.55. The van der Waals surface area contributed by atoms with Crippen molar-refractivity contribution in [3.05, 3.63) is 64.1 Å². The fourth-order valence-electron chi connectivity index (χ4n) is 3.79. The molecule has 1 saturated heterocycles. The fourth-order valence-corrected chi connectivity index (χ4v) is 5.17. The van der Waals surface area contributed by atoms with Crippen molar-refractivity contribution in [1.82, 2.24) is 4.90 Å². The van der Waals surface area contributed by atoms with Gasteiger partial charge in [0.25, 0.3) is 11.8 Å². The van der Waals surface area contributed by atoms with Crippen molar-refractivity contribution in [1.29, 1.82) is 0 Å². The van der Waals surface area contributed by atoms with Gasteiger partial charge in [-0.05, 0) is 37.1 Å². The van der Waals surface area contributed by atoms with Crippen molar-refractivity contribution in [3.63, 3.8) is 0 Å². The Morgan fingerprint density at radius 2 is 1.85 bits per heavy atom. The van der Waals surface area contributed by atoms with Crippen LogP contribution in [-0.4, -0.2) is 53.7 Å². The number of nitrogens with one attached hydrogen (secondary N) is 1. The van der Waals surface area contributed by atoms with E-state index in [2.05, 4.69) is 5.32 Å². The number of hydrogen-bond donors (Lipinski definition) is 1. The lowest BCUT2D eigenvalue weighted by atomic mass is 10.1. The molecular weight excluding hydrogens is 458 g/mol. The lowest BCUT2D eigenvalue weighted by Crippen LogP contribution is -2.36. The van der Waals surface area contributed by atoms with Gasteiger partial charge in [-0.15, -0.1) is 0 Å². The maximum absolute atomic E-state index is 13.5. The van der Waals surface area contributed by atoms with Crippen LogP contribution in [0.2, 0.25) is 0 Å². The highest BCUT2D eigenvalue weighted by Gasteiger charge is 2.42. The van der Waals surface area contributed by atoms with E-state index in [1.807, 2.05) is 32.0 Å². The molecule has 0 spiro atoms. The molecule has 0 aromatic heterocycles. The number of thiocarbonyl (C=S) groups is 1. The summed E-state index contributed by atoms with van der Waals surface area (Å²) in [5.74, 6) is -1.03. The third-order valence-electron chi connectivity index (χ3n) is 5.49. The second-order valence-electron chi connectivity index (χ2n) is 7.80. The van der Waals surface area contributed by atoms with Crippen LogP contribution in [0.25, 0.3) is 5.57 Å². The number of thioether (sulfide) groups is 1. The highest BCUT2D eigenvalue weighted by molar-refractivity contribution is 8.26. The molecule has 7 nitrogen and oxygen atoms in total. The van der Waals surface area contributed by atoms with Gasteiger partial charge in [0.05, 0.1) is 29.3 Å². The Kier molecular flexibility index (Phi) is 6.64. The molecule has 1 fully saturated rings. The SMILES string of the molecule is COCCN1C(=O)/C(=C2/C(=O)N(CC(=O)Nc3cc(C)ccc3C)c3ccccc32)SC1=S. The van der Waals surface area contributed by atoms with Gasteiger partial charge < -0.3 is 10.1 Å². The quantitative estimate of drug-likeness (QED) is 0.503. The molecule has 9 heteroatoms. The van der Waals surface area contributed by atoms with E-state index in [-0.39, 0.29) is 34.7 Å². The minimum atomic E-state index is -0.389. The van der Waals surface area contributed by atoms with Crippen LogP contribution in [0.5, 0.6) is 0 Å². The number of hydrogen-bond acceptors (Lipinski definition) is 6. The molecule has 2 aliphatic heterocycles. The molecule has 0 saturated carbocycles. The molecule has 2 aliphatic rings. The number of fused-ring (bicyclic) bond motifs is 1. The van der Waals surface area contributed by atoms with Crippen LogP contribution < -0.4 is 10.2 Å². The Morgan fingerprint density at radius 1 is 1.09 bits per heavy atom. The van der Waals surface area contributed by atoms with Gasteiger partial charge in [-0.3, -0.25) is 24.2 Å². The van der Waals surface area contributed by atoms with Gasteiger partial charge in [0.2, 0.25) is 5.91 Å². The van der Waals surface area contributed by atoms with E-state index in [0.717, 1.165) is 22.9 Å². The van der Waals surface area contributed by atoms with Gasteiger partial charge in [-0.1, -0.05) is 54.3 Å². The number of amides is 3. The van der Waals surface area contributed by atoms with Crippen LogP contribution in [0.15, 0.2) is 47.4 Å². The summed E-state index contributed by atoms with van der Waals surface area (Å²) in [6.07, 6.45) is 0. The van der Waals surface area contributed by atoms with Crippen molar-refractivity contribution in [2.75, 3.05) is 37.0 Å². The molecule has 170 valence electrons. The smallest absolute Gasteiger partial charge is 0.267 e. The number of carbonyl (C=O) groups excluding carboxylic acids is 3. The number of rotatable bonds is 6. The zero-order valence-corrected chi connectivity index (χ0v) is 20.1. The van der Waals surface area contributed by atoms with Crippen LogP contribution in [-0.2, 0) is 19.1 Å². The van der Waals surface area contributed by atoms with Crippen molar-refractivity contribution in [2.45, 2.75) is 13.8 Å². The maximum Gasteiger partial charge on any atom is 0.267 e. The average molecular weight is 482 g/mol. The molecule has 1 N–H and O–H groups in total. The molecular formula is C24H23N3O4S2. The summed E-state index contributed by atoms with van der Waals surface area (Å²) < 4.78 is 5.45. The molecule has 0 unspecified atom stereocenters. The molecule has 2 aromatic rings. The minimum absolute atomic E-state index is 0.170. The second kappa shape index (κ2) is 9.46. The molecule has 0 bridgehead atoms. The van der Waals surface area contributed by atoms with Gasteiger partial charge in [-0.2, -0.15) is 0 Å². The standard InChI is InChI=1S/C24H23N3O4S2/c1-14-8-9-15(2)17(12-14)25-19(28)13-27-18-7-5-4-6-16(18)20(22(27)29)21-23(30)26(10-11-31-3)24(32)33-21/h4-9,12H,10-11,13H2,1-3H3,(H,25,28)/b21-20-. The van der Waals surface area contributed by atoms with Gasteiger partial charge in [0.15, 0.2) is 0 Å². The Morgan fingerprint density at radius 3 is 2.61 bits per heavy atom. The summed E-state index contributed by atoms with van der Waals surface area (Å²) in [4.78, 5) is 42.5. The lowest BCUT2D eigenvalue weighted by molar-refractivity contribution is -0.122. The molecule has 2 aromatic carbocycles. The first kappa shape index (κ1) is 23.2. The first-order chi connectivity index (χ1) is 15.8. The second-order valence-corrected chi connectivity index (χ2v) is 9.44. The number of ether oxygens (including phenoxy) is 1. The number of anilines is 2. The summed E-state index contributed by atoms with van der Waals surface area (Å²) in [5, 5.41) is 2.90. The van der Waals surface area contributed by atoms with E-state index in [4.69, 9.17) is 17.0 Å². The van der Waals surface area contributed by atoms with E-state index in [0.29, 0.717) is 34.4 Å². The van der Waals surface area contributed by atoms with E-state index >= 15 is 0 Å². The van der Waals surface area contributed by atoms with Crippen LogP contribution in [0, 0.1) is 13.8 Å². The predicted molar refractivity (Wildman–Crippen MR) is 134 cm³/mol. The summed E-state index contributed by atoms with van der Waals surface area (Å²) >= 11 is 6.47. The minimum Gasteiger partial charge on any atom is -0.383 e. The van der Waals surface area contributed by atoms with Crippen LogP contribution in [0.3, 0.4) is 0 Å². The van der Waals surface area contributed by atoms with Crippen molar-refractivity contribution >= 4 is 63.0 Å². The third kappa shape index (κ3) is 4.44. The zero-order valence-electron chi connectivity index (χ0n) is 18.5. The van der Waals surface area contributed by atoms with Gasteiger partial charge in [0, 0.05) is 18.4 Å². The Hall–Kier alpha value is -3.01. The number of carbonyl (C=O) groups is 3. The number of benzene rings is 2. The number of para-hydroxylation sites is 1. The van der Waals surface area contributed by atoms with E-state index in [1.165, 1.54) is 9.80 Å². The zero-order chi connectivity index (χ0) is 23.7. The van der Waals surface area contributed by atoms with Gasteiger partial charge in [-0.25, -0.2) is 0 Å². The van der Waals surface area contributed by atoms with Crippen molar-refractivity contribution in [2.24, 2.45) is 0 Å². The van der Waals surface area contributed by atoms with Gasteiger partial charge >= 0.3 is 0 Å². The van der Waals surface area contributed by atoms with Crippen molar-refractivity contribution in [3.8, 4) is 0 Å². The molecule has 0 aliphatic carbocycles. The Balaban J connectivity index is 1.63. The highest BCUT2D eigenvalue weighted by atomic mass is 32.2. The molecule has 0 atom stereocenters. The monoisotopic (exact) mass is 481 g/mol. The van der Waals surface area contributed by atoms with E-state index in [9.17, 15) is 14.4 Å². The molecule has 33 heavy (non-hydrogen) atoms. The normalized spacial score (nSPS) is 17.7. The molecule has 3 amide bonds. The first-order valence-corrected chi connectivity index (χ1v) is 11.6. The largest absolute Gasteiger partial charge is 0.383 e. The van der Waals surface area contributed by atoms with Gasteiger partial charge in [0.1, 0.15) is 10.9 Å². The number of nitrogens with zero attached hydrogens (tertiary/aromatic N) is 2. The van der Waals surface area contributed by atoms with Crippen LogP contribution >= 0.6 is 24.0 Å². The number of methoxy groups -OCH3 is 1. The summed E-state index contributed by atoms with van der Waals surface area (Å²) in [6, 6.07) is 13.0. The summed E-state index contributed by atoms with van der Waals surface area (Å²) in [6.45, 7) is 4.34. The van der Waals surface area contributed by atoms with Crippen molar-refractivity contribution < 1.29 is 19.1 Å². The van der Waals surface area contributed by atoms with E-state index < -0.39 is 0 Å². The predicted octanol–water partition coefficient (Wildman–Crippen LogP) is 3.51. The third-order valence-corrected chi connectivity index (χ3v) is 6.94. The average Bonchev–Trinajstić information content (AvgIpc) is 3.21. The lowest BCUT2D eigenvalue weighted by Gasteiger charge is -2.17. The number of aryl methyl sites for hydroxylation is 2. The highest BCUT2D eigenvalue weighted by Crippen LogP contribution is 2.44. The summed E-state index contributed by atoms with van der Waals surface area (Å²) in [5.41, 5.74) is 4.16.